The smallest absolute Gasteiger partial charge is 0.262 e. The molecule has 0 saturated carbocycles. The predicted octanol–water partition coefficient (Wildman–Crippen LogP) is 3.93. The van der Waals surface area contributed by atoms with Crippen LogP contribution in [0.15, 0.2) is 39.7 Å². The van der Waals surface area contributed by atoms with E-state index in [0.29, 0.717) is 9.50 Å². The summed E-state index contributed by atoms with van der Waals surface area (Å²) in [7, 11) is -3.99. The Labute approximate surface area is 135 Å². The van der Waals surface area contributed by atoms with Crippen LogP contribution in [0.3, 0.4) is 0 Å². The van der Waals surface area contributed by atoms with Gasteiger partial charge in [0.1, 0.15) is 5.82 Å². The van der Waals surface area contributed by atoms with E-state index >= 15 is 0 Å². The summed E-state index contributed by atoms with van der Waals surface area (Å²) >= 11 is 9.10. The van der Waals surface area contributed by atoms with Gasteiger partial charge in [0, 0.05) is 11.3 Å². The van der Waals surface area contributed by atoms with Crippen LogP contribution in [0.4, 0.5) is 15.8 Å². The predicted molar refractivity (Wildman–Crippen MR) is 85.5 cm³/mol. The van der Waals surface area contributed by atoms with Crippen molar-refractivity contribution >= 4 is 48.9 Å². The molecule has 0 aliphatic heterocycles. The van der Waals surface area contributed by atoms with Crippen molar-refractivity contribution in [1.29, 1.82) is 0 Å². The van der Waals surface area contributed by atoms with Crippen LogP contribution in [0.5, 0.6) is 0 Å². The Bertz CT molecular complexity index is 812. The number of hydrogen-bond donors (Lipinski definition) is 2. The number of sulfonamides is 1. The van der Waals surface area contributed by atoms with Crippen LogP contribution in [0.25, 0.3) is 0 Å². The molecule has 2 rings (SSSR count). The number of nitrogens with one attached hydrogen (secondary N) is 1. The van der Waals surface area contributed by atoms with E-state index in [-0.39, 0.29) is 21.8 Å². The molecule has 0 bridgehead atoms. The molecular formula is C13H11BrClFN2O2S. The Morgan fingerprint density at radius 3 is 2.67 bits per heavy atom. The summed E-state index contributed by atoms with van der Waals surface area (Å²) in [6.45, 7) is 1.37. The van der Waals surface area contributed by atoms with Gasteiger partial charge in [0.25, 0.3) is 10.0 Å². The summed E-state index contributed by atoms with van der Waals surface area (Å²) in [5.41, 5.74) is 5.79. The van der Waals surface area contributed by atoms with Gasteiger partial charge in [-0.3, -0.25) is 4.72 Å². The molecule has 0 aliphatic rings. The molecule has 0 amide bonds. The zero-order valence-electron chi connectivity index (χ0n) is 10.8. The van der Waals surface area contributed by atoms with Crippen molar-refractivity contribution in [3.05, 3.63) is 51.2 Å². The van der Waals surface area contributed by atoms with Crippen LogP contribution in [-0.2, 0) is 10.0 Å². The largest absolute Gasteiger partial charge is 0.399 e. The zero-order valence-corrected chi connectivity index (χ0v) is 14.0. The zero-order chi connectivity index (χ0) is 15.8. The fourth-order valence-corrected chi connectivity index (χ4v) is 3.77. The molecule has 112 valence electrons. The maximum Gasteiger partial charge on any atom is 0.262 e. The number of anilines is 2. The summed E-state index contributed by atoms with van der Waals surface area (Å²) < 4.78 is 41.2. The van der Waals surface area contributed by atoms with Crippen LogP contribution in [0, 0.1) is 12.7 Å². The highest BCUT2D eigenvalue weighted by atomic mass is 79.9. The van der Waals surface area contributed by atoms with Gasteiger partial charge in [-0.25, -0.2) is 12.8 Å². The topological polar surface area (TPSA) is 72.2 Å². The van der Waals surface area contributed by atoms with Crippen LogP contribution in [0.1, 0.15) is 5.56 Å². The molecule has 2 aromatic carbocycles. The highest BCUT2D eigenvalue weighted by molar-refractivity contribution is 9.10. The van der Waals surface area contributed by atoms with E-state index in [1.807, 2.05) is 0 Å². The third-order valence-corrected chi connectivity index (χ3v) is 5.69. The van der Waals surface area contributed by atoms with Gasteiger partial charge in [-0.15, -0.1) is 0 Å². The Hall–Kier alpha value is -1.31. The third-order valence-electron chi connectivity index (χ3n) is 2.80. The van der Waals surface area contributed by atoms with E-state index in [0.717, 1.165) is 6.07 Å². The molecule has 0 spiro atoms. The number of hydrogen-bond acceptors (Lipinski definition) is 3. The number of halogens is 3. The molecule has 0 saturated heterocycles. The van der Waals surface area contributed by atoms with Crippen LogP contribution < -0.4 is 10.5 Å². The molecule has 8 heteroatoms. The Morgan fingerprint density at radius 1 is 1.33 bits per heavy atom. The first-order chi connectivity index (χ1) is 9.72. The lowest BCUT2D eigenvalue weighted by molar-refractivity contribution is 0.591. The number of nitrogen functional groups attached to an aromatic ring is 1. The van der Waals surface area contributed by atoms with Gasteiger partial charge in [0.05, 0.1) is 20.1 Å². The van der Waals surface area contributed by atoms with Crippen molar-refractivity contribution in [2.75, 3.05) is 10.5 Å². The lowest BCUT2D eigenvalue weighted by Gasteiger charge is -2.13. The van der Waals surface area contributed by atoms with Gasteiger partial charge < -0.3 is 5.73 Å². The van der Waals surface area contributed by atoms with Crippen LogP contribution in [-0.4, -0.2) is 8.42 Å². The van der Waals surface area contributed by atoms with Crippen molar-refractivity contribution in [3.63, 3.8) is 0 Å². The summed E-state index contributed by atoms with van der Waals surface area (Å²) in [6.07, 6.45) is 0. The number of rotatable bonds is 3. The molecule has 0 atom stereocenters. The van der Waals surface area contributed by atoms with Crippen molar-refractivity contribution in [1.82, 2.24) is 0 Å². The highest BCUT2D eigenvalue weighted by Crippen LogP contribution is 2.32. The summed E-state index contributed by atoms with van der Waals surface area (Å²) in [5, 5.41) is 0.352. The van der Waals surface area contributed by atoms with E-state index in [4.69, 9.17) is 17.3 Å². The molecule has 21 heavy (non-hydrogen) atoms. The van der Waals surface area contributed by atoms with Crippen molar-refractivity contribution < 1.29 is 12.8 Å². The van der Waals surface area contributed by atoms with Crippen LogP contribution in [0.2, 0.25) is 5.02 Å². The fraction of sp³-hybridized carbons (Fsp3) is 0.0769. The van der Waals surface area contributed by atoms with Crippen molar-refractivity contribution in [3.8, 4) is 0 Å². The SMILES string of the molecule is Cc1c(F)cc(N)cc1S(=O)(=O)Nc1cccc(Cl)c1Br. The van der Waals surface area contributed by atoms with Gasteiger partial charge in [-0.2, -0.15) is 0 Å². The van der Waals surface area contributed by atoms with Gasteiger partial charge in [-0.1, -0.05) is 17.7 Å². The van der Waals surface area contributed by atoms with Gasteiger partial charge in [0.2, 0.25) is 0 Å². The minimum atomic E-state index is -3.99. The summed E-state index contributed by atoms with van der Waals surface area (Å²) in [5.74, 6) is -0.680. The van der Waals surface area contributed by atoms with Gasteiger partial charge in [-0.05, 0) is 47.1 Å². The maximum atomic E-state index is 13.6. The molecule has 0 aliphatic carbocycles. The standard InChI is InChI=1S/C13H11BrClFN2O2S/c1-7-10(16)5-8(17)6-12(7)21(19,20)18-11-4-2-3-9(15)13(11)14/h2-6,18H,17H2,1H3. The summed E-state index contributed by atoms with van der Waals surface area (Å²) in [4.78, 5) is -0.216. The first kappa shape index (κ1) is 16.1. The average molecular weight is 394 g/mol. The van der Waals surface area contributed by atoms with E-state index in [2.05, 4.69) is 20.7 Å². The second kappa shape index (κ2) is 5.82. The van der Waals surface area contributed by atoms with Crippen LogP contribution >= 0.6 is 27.5 Å². The average Bonchev–Trinajstić information content (AvgIpc) is 2.39. The Balaban J connectivity index is 2.51. The van der Waals surface area contributed by atoms with Gasteiger partial charge in [0.15, 0.2) is 0 Å². The second-order valence-corrected chi connectivity index (χ2v) is 7.18. The van der Waals surface area contributed by atoms with Gasteiger partial charge >= 0.3 is 0 Å². The second-order valence-electron chi connectivity index (χ2n) is 4.33. The molecule has 0 unspecified atom stereocenters. The highest BCUT2D eigenvalue weighted by Gasteiger charge is 2.21. The lowest BCUT2D eigenvalue weighted by Crippen LogP contribution is -2.15. The van der Waals surface area contributed by atoms with E-state index in [9.17, 15) is 12.8 Å². The molecule has 2 aromatic rings. The minimum Gasteiger partial charge on any atom is -0.399 e. The van der Waals surface area contributed by atoms with Crippen molar-refractivity contribution in [2.45, 2.75) is 11.8 Å². The molecule has 3 N–H and O–H groups in total. The molecule has 0 radical (unpaired) electrons. The minimum absolute atomic E-state index is 0.00477. The fourth-order valence-electron chi connectivity index (χ4n) is 1.74. The molecule has 4 nitrogen and oxygen atoms in total. The van der Waals surface area contributed by atoms with E-state index in [1.54, 1.807) is 12.1 Å². The molecular weight excluding hydrogens is 383 g/mol. The molecule has 0 aromatic heterocycles. The third kappa shape index (κ3) is 3.30. The van der Waals surface area contributed by atoms with Crippen molar-refractivity contribution in [2.24, 2.45) is 0 Å². The Morgan fingerprint density at radius 2 is 2.00 bits per heavy atom. The number of benzene rings is 2. The quantitative estimate of drug-likeness (QED) is 0.776. The molecule has 0 fully saturated rings. The van der Waals surface area contributed by atoms with E-state index in [1.165, 1.54) is 19.1 Å². The lowest BCUT2D eigenvalue weighted by atomic mass is 10.2. The normalized spacial score (nSPS) is 11.4. The first-order valence-electron chi connectivity index (χ1n) is 5.75. The van der Waals surface area contributed by atoms with E-state index < -0.39 is 15.8 Å². The maximum absolute atomic E-state index is 13.6. The number of nitrogens with two attached hydrogens (primary N) is 1. The first-order valence-corrected chi connectivity index (χ1v) is 8.40. The Kier molecular flexibility index (Phi) is 4.46. The monoisotopic (exact) mass is 392 g/mol. The molecule has 0 heterocycles. The summed E-state index contributed by atoms with van der Waals surface area (Å²) in [6, 6.07) is 7.01.